The number of ether oxygens (including phenoxy) is 1. The summed E-state index contributed by atoms with van der Waals surface area (Å²) in [5, 5.41) is 14.0. The van der Waals surface area contributed by atoms with Crippen LogP contribution in [0, 0.1) is 12.3 Å². The van der Waals surface area contributed by atoms with Gasteiger partial charge in [-0.3, -0.25) is 10.2 Å². The lowest BCUT2D eigenvalue weighted by molar-refractivity contribution is 0.0603. The van der Waals surface area contributed by atoms with E-state index in [9.17, 15) is 9.59 Å². The Morgan fingerprint density at radius 1 is 1.09 bits per heavy atom. The molecule has 0 spiro atoms. The first-order valence-corrected chi connectivity index (χ1v) is 12.2. The molecule has 0 unspecified atom stereocenters. The number of hydrogen-bond acceptors (Lipinski definition) is 7. The third-order valence-electron chi connectivity index (χ3n) is 5.90. The fourth-order valence-corrected chi connectivity index (χ4v) is 4.89. The number of carbonyl (C=O) groups is 2. The highest BCUT2D eigenvalue weighted by atomic mass is 32.1. The number of carbonyl (C=O) groups excluding carboxylic acids is 2. The van der Waals surface area contributed by atoms with Crippen molar-refractivity contribution in [2.75, 3.05) is 30.4 Å². The van der Waals surface area contributed by atoms with Crippen LogP contribution in [-0.2, 0) is 4.74 Å². The monoisotopic (exact) mass is 489 g/mol. The van der Waals surface area contributed by atoms with Gasteiger partial charge < -0.3 is 19.4 Å². The van der Waals surface area contributed by atoms with Crippen LogP contribution >= 0.6 is 11.3 Å². The molecule has 2 aromatic heterocycles. The molecule has 4 rings (SSSR count). The number of aryl methyl sites for hydroxylation is 1. The zero-order valence-corrected chi connectivity index (χ0v) is 20.9. The highest BCUT2D eigenvalue weighted by molar-refractivity contribution is 7.15. The van der Waals surface area contributed by atoms with Crippen molar-refractivity contribution in [3.8, 4) is 11.1 Å². The van der Waals surface area contributed by atoms with Gasteiger partial charge in [-0.15, -0.1) is 11.3 Å². The van der Waals surface area contributed by atoms with Crippen LogP contribution < -0.4 is 15.8 Å². The molecule has 180 valence electrons. The molecule has 0 bridgehead atoms. The quantitative estimate of drug-likeness (QED) is 0.318. The van der Waals surface area contributed by atoms with E-state index in [1.54, 1.807) is 6.07 Å². The van der Waals surface area contributed by atoms with Crippen LogP contribution in [0.2, 0.25) is 0 Å². The topological polar surface area (TPSA) is 95.6 Å². The number of nitrogens with one attached hydrogen (secondary N) is 2. The number of thiophene rings is 1. The van der Waals surface area contributed by atoms with Crippen molar-refractivity contribution >= 4 is 44.9 Å². The predicted molar refractivity (Wildman–Crippen MR) is 139 cm³/mol. The summed E-state index contributed by atoms with van der Waals surface area (Å²) in [4.78, 5) is 28.0. The smallest absolute Gasteiger partial charge is 0.341 e. The van der Waals surface area contributed by atoms with Crippen molar-refractivity contribution < 1.29 is 18.7 Å². The van der Waals surface area contributed by atoms with E-state index in [-0.39, 0.29) is 16.7 Å². The normalized spacial score (nSPS) is 10.9. The van der Waals surface area contributed by atoms with Crippen molar-refractivity contribution in [3.05, 3.63) is 76.2 Å². The molecule has 2 N–H and O–H groups in total. The Morgan fingerprint density at radius 3 is 2.46 bits per heavy atom. The van der Waals surface area contributed by atoms with Gasteiger partial charge in [-0.1, -0.05) is 29.8 Å². The molecule has 1 amide bonds. The minimum Gasteiger partial charge on any atom is -0.465 e. The molecule has 2 aromatic carbocycles. The first-order chi connectivity index (χ1) is 16.9. The van der Waals surface area contributed by atoms with Crippen molar-refractivity contribution in [3.63, 3.8) is 0 Å². The van der Waals surface area contributed by atoms with Gasteiger partial charge in [0.15, 0.2) is 0 Å². The first kappa shape index (κ1) is 24.2. The van der Waals surface area contributed by atoms with Crippen molar-refractivity contribution in [1.82, 2.24) is 0 Å². The first-order valence-electron chi connectivity index (χ1n) is 11.3. The van der Waals surface area contributed by atoms with E-state index in [1.165, 1.54) is 18.4 Å². The maximum atomic E-state index is 13.2. The van der Waals surface area contributed by atoms with Gasteiger partial charge in [0.1, 0.15) is 21.7 Å². The maximum Gasteiger partial charge on any atom is 0.341 e. The third kappa shape index (κ3) is 4.83. The highest BCUT2D eigenvalue weighted by Crippen LogP contribution is 2.36. The fourth-order valence-electron chi connectivity index (χ4n) is 3.94. The number of benzene rings is 2. The summed E-state index contributed by atoms with van der Waals surface area (Å²) in [5.41, 5.74) is 4.26. The molecule has 0 atom stereocenters. The molecule has 35 heavy (non-hydrogen) atoms. The van der Waals surface area contributed by atoms with Crippen molar-refractivity contribution in [1.29, 1.82) is 5.41 Å². The third-order valence-corrected chi connectivity index (χ3v) is 6.79. The molecular formula is C27H27N3O4S. The zero-order chi connectivity index (χ0) is 25.1. The second kappa shape index (κ2) is 10.1. The van der Waals surface area contributed by atoms with Crippen molar-refractivity contribution in [2.24, 2.45) is 0 Å². The standard InChI is InChI=1S/C27H27N3O4S/c1-5-30(6-2)19-12-11-18-13-20(24(28)34-22(18)14-19)25(31)29-26-23(27(32)33-4)21(15-35-26)17-9-7-16(3)8-10-17/h7-15,28H,5-6H2,1-4H3,(H,29,31). The molecule has 4 aromatic rings. The molecular weight excluding hydrogens is 462 g/mol. The Labute approximate surface area is 207 Å². The minimum atomic E-state index is -0.546. The zero-order valence-electron chi connectivity index (χ0n) is 20.1. The SMILES string of the molecule is CCN(CC)c1ccc2cc(C(=O)Nc3scc(-c4ccc(C)cc4)c3C(=O)OC)c(=N)oc2c1. The van der Waals surface area contributed by atoms with E-state index in [1.807, 2.05) is 54.8 Å². The van der Waals surface area contributed by atoms with Crippen LogP contribution in [0.4, 0.5) is 10.7 Å². The lowest BCUT2D eigenvalue weighted by Crippen LogP contribution is -2.22. The molecule has 0 aliphatic heterocycles. The largest absolute Gasteiger partial charge is 0.465 e. The average molecular weight is 490 g/mol. The van der Waals surface area contributed by atoms with Gasteiger partial charge in [0.2, 0.25) is 5.55 Å². The Bertz CT molecular complexity index is 1450. The lowest BCUT2D eigenvalue weighted by Gasteiger charge is -2.21. The number of nitrogens with zero attached hydrogens (tertiary/aromatic N) is 1. The number of methoxy groups -OCH3 is 1. The van der Waals surface area contributed by atoms with Gasteiger partial charge in [-0.05, 0) is 44.5 Å². The van der Waals surface area contributed by atoms with Crippen LogP contribution in [0.25, 0.3) is 22.1 Å². The molecule has 0 radical (unpaired) electrons. The van der Waals surface area contributed by atoms with Crippen molar-refractivity contribution in [2.45, 2.75) is 20.8 Å². The Morgan fingerprint density at radius 2 is 1.80 bits per heavy atom. The summed E-state index contributed by atoms with van der Waals surface area (Å²) in [6.07, 6.45) is 0. The summed E-state index contributed by atoms with van der Waals surface area (Å²) < 4.78 is 10.7. The molecule has 7 nitrogen and oxygen atoms in total. The number of amides is 1. The second-order valence-electron chi connectivity index (χ2n) is 8.05. The van der Waals surface area contributed by atoms with E-state index in [0.29, 0.717) is 21.5 Å². The Balaban J connectivity index is 1.69. The minimum absolute atomic E-state index is 0.0780. The summed E-state index contributed by atoms with van der Waals surface area (Å²) in [6.45, 7) is 7.84. The molecule has 0 fully saturated rings. The van der Waals surface area contributed by atoms with E-state index < -0.39 is 11.9 Å². The van der Waals surface area contributed by atoms with Gasteiger partial charge in [0.25, 0.3) is 5.91 Å². The van der Waals surface area contributed by atoms with Gasteiger partial charge in [0.05, 0.1) is 7.11 Å². The average Bonchev–Trinajstić information content (AvgIpc) is 3.27. The van der Waals surface area contributed by atoms with Gasteiger partial charge in [-0.25, -0.2) is 4.79 Å². The number of anilines is 2. The van der Waals surface area contributed by atoms with E-state index in [4.69, 9.17) is 14.6 Å². The van der Waals surface area contributed by atoms with Gasteiger partial charge >= 0.3 is 5.97 Å². The summed E-state index contributed by atoms with van der Waals surface area (Å²) in [5.74, 6) is -1.08. The number of rotatable bonds is 7. The Kier molecular flexibility index (Phi) is 7.02. The van der Waals surface area contributed by atoms with Gasteiger partial charge in [0, 0.05) is 41.2 Å². The van der Waals surface area contributed by atoms with Crippen LogP contribution in [0.1, 0.15) is 40.1 Å². The van der Waals surface area contributed by atoms with Crippen LogP contribution in [0.5, 0.6) is 0 Å². The predicted octanol–water partition coefficient (Wildman–Crippen LogP) is 5.83. The molecule has 2 heterocycles. The van der Waals surface area contributed by atoms with Crippen LogP contribution in [-0.4, -0.2) is 32.1 Å². The summed E-state index contributed by atoms with van der Waals surface area (Å²) >= 11 is 1.23. The molecule has 8 heteroatoms. The molecule has 0 saturated heterocycles. The highest BCUT2D eigenvalue weighted by Gasteiger charge is 2.23. The maximum absolute atomic E-state index is 13.2. The van der Waals surface area contributed by atoms with E-state index in [0.717, 1.165) is 29.9 Å². The number of esters is 1. The number of fused-ring (bicyclic) bond motifs is 1. The second-order valence-corrected chi connectivity index (χ2v) is 8.93. The molecule has 0 aliphatic rings. The summed E-state index contributed by atoms with van der Waals surface area (Å²) in [7, 11) is 1.31. The van der Waals surface area contributed by atoms with E-state index >= 15 is 0 Å². The van der Waals surface area contributed by atoms with Crippen LogP contribution in [0.15, 0.2) is 58.3 Å². The van der Waals surface area contributed by atoms with Gasteiger partial charge in [-0.2, -0.15) is 0 Å². The summed E-state index contributed by atoms with van der Waals surface area (Å²) in [6, 6.07) is 15.1. The Hall–Kier alpha value is -3.91. The van der Waals surface area contributed by atoms with E-state index in [2.05, 4.69) is 24.1 Å². The lowest BCUT2D eigenvalue weighted by atomic mass is 10.0. The fraction of sp³-hybridized carbons (Fsp3) is 0.222. The van der Waals surface area contributed by atoms with Crippen LogP contribution in [0.3, 0.4) is 0 Å². The molecule has 0 aliphatic carbocycles. The number of hydrogen-bond donors (Lipinski definition) is 2. The molecule has 0 saturated carbocycles.